The van der Waals surface area contributed by atoms with E-state index in [0.29, 0.717) is 12.5 Å². The minimum absolute atomic E-state index is 0.0645. The number of hydrogen-bond donors (Lipinski definition) is 1. The second kappa shape index (κ2) is 6.67. The van der Waals surface area contributed by atoms with Gasteiger partial charge in [0.05, 0.1) is 11.5 Å². The number of non-ortho nitro benzene ring substituents is 1. The Hall–Kier alpha value is -1.95. The van der Waals surface area contributed by atoms with Crippen LogP contribution in [0.1, 0.15) is 38.4 Å². The second-order valence-electron chi connectivity index (χ2n) is 5.36. The van der Waals surface area contributed by atoms with Crippen molar-refractivity contribution in [1.29, 1.82) is 0 Å². The molecule has 0 aromatic heterocycles. The van der Waals surface area contributed by atoms with Gasteiger partial charge in [-0.05, 0) is 23.6 Å². The van der Waals surface area contributed by atoms with Crippen LogP contribution in [-0.4, -0.2) is 28.8 Å². The van der Waals surface area contributed by atoms with Crippen molar-refractivity contribution in [3.8, 4) is 0 Å². The standard InChI is InChI=1S/C15H21N3O3/c1-3-11(4-2)10-17-14(19)9-16-15(17)12-5-7-13(8-6-12)18(20)21/h5-8,11,15-16H,3-4,9-10H2,1-2H3. The number of nitrogens with zero attached hydrogens (tertiary/aromatic N) is 2. The van der Waals surface area contributed by atoms with Crippen LogP contribution in [0.4, 0.5) is 5.69 Å². The van der Waals surface area contributed by atoms with Gasteiger partial charge in [-0.15, -0.1) is 0 Å². The van der Waals surface area contributed by atoms with E-state index in [0.717, 1.165) is 24.9 Å². The molecule has 1 heterocycles. The first-order chi connectivity index (χ1) is 10.1. The van der Waals surface area contributed by atoms with Gasteiger partial charge in [0.2, 0.25) is 5.91 Å². The maximum absolute atomic E-state index is 12.1. The Morgan fingerprint density at radius 3 is 2.48 bits per heavy atom. The Morgan fingerprint density at radius 1 is 1.33 bits per heavy atom. The zero-order chi connectivity index (χ0) is 15.4. The normalized spacial score (nSPS) is 18.5. The van der Waals surface area contributed by atoms with Gasteiger partial charge in [0.25, 0.3) is 5.69 Å². The van der Waals surface area contributed by atoms with Crippen LogP contribution in [0.2, 0.25) is 0 Å². The average Bonchev–Trinajstić information content (AvgIpc) is 2.85. The lowest BCUT2D eigenvalue weighted by Gasteiger charge is -2.28. The third-order valence-electron chi connectivity index (χ3n) is 4.11. The molecule has 0 aliphatic carbocycles. The van der Waals surface area contributed by atoms with Gasteiger partial charge in [0.15, 0.2) is 0 Å². The van der Waals surface area contributed by atoms with Crippen LogP contribution in [-0.2, 0) is 4.79 Å². The monoisotopic (exact) mass is 291 g/mol. The number of amides is 1. The SMILES string of the molecule is CCC(CC)CN1C(=O)CNC1c1ccc([N+](=O)[O-])cc1. The van der Waals surface area contributed by atoms with E-state index >= 15 is 0 Å². The van der Waals surface area contributed by atoms with Crippen LogP contribution in [0.5, 0.6) is 0 Å². The van der Waals surface area contributed by atoms with E-state index in [9.17, 15) is 14.9 Å². The third kappa shape index (κ3) is 3.39. The first-order valence-corrected chi connectivity index (χ1v) is 7.34. The van der Waals surface area contributed by atoms with Crippen LogP contribution in [0.15, 0.2) is 24.3 Å². The zero-order valence-corrected chi connectivity index (χ0v) is 12.4. The molecular formula is C15H21N3O3. The summed E-state index contributed by atoms with van der Waals surface area (Å²) in [5, 5.41) is 13.9. The number of nitrogens with one attached hydrogen (secondary N) is 1. The van der Waals surface area contributed by atoms with Gasteiger partial charge in [-0.25, -0.2) is 0 Å². The van der Waals surface area contributed by atoms with E-state index in [4.69, 9.17) is 0 Å². The first kappa shape index (κ1) is 15.4. The molecule has 1 aromatic rings. The Morgan fingerprint density at radius 2 is 1.95 bits per heavy atom. The minimum atomic E-state index is -0.418. The molecule has 21 heavy (non-hydrogen) atoms. The number of nitro benzene ring substituents is 1. The molecule has 1 fully saturated rings. The molecular weight excluding hydrogens is 270 g/mol. The van der Waals surface area contributed by atoms with E-state index in [2.05, 4.69) is 19.2 Å². The molecule has 6 nitrogen and oxygen atoms in total. The number of benzene rings is 1. The summed E-state index contributed by atoms with van der Waals surface area (Å²) in [5.74, 6) is 0.569. The van der Waals surface area contributed by atoms with Gasteiger partial charge < -0.3 is 4.90 Å². The molecule has 0 bridgehead atoms. The molecule has 0 spiro atoms. The summed E-state index contributed by atoms with van der Waals surface area (Å²) >= 11 is 0. The summed E-state index contributed by atoms with van der Waals surface area (Å²) in [6, 6.07) is 6.40. The minimum Gasteiger partial charge on any atom is -0.322 e. The van der Waals surface area contributed by atoms with E-state index in [1.165, 1.54) is 12.1 Å². The van der Waals surface area contributed by atoms with Crippen molar-refractivity contribution in [2.45, 2.75) is 32.9 Å². The summed E-state index contributed by atoms with van der Waals surface area (Å²) in [6.45, 7) is 5.30. The smallest absolute Gasteiger partial charge is 0.269 e. The topological polar surface area (TPSA) is 75.5 Å². The van der Waals surface area contributed by atoms with Gasteiger partial charge in [-0.1, -0.05) is 26.7 Å². The van der Waals surface area contributed by atoms with Crippen molar-refractivity contribution in [2.75, 3.05) is 13.1 Å². The fourth-order valence-corrected chi connectivity index (χ4v) is 2.65. The summed E-state index contributed by atoms with van der Waals surface area (Å²) in [5.41, 5.74) is 0.951. The number of rotatable bonds is 6. The summed E-state index contributed by atoms with van der Waals surface area (Å²) < 4.78 is 0. The first-order valence-electron chi connectivity index (χ1n) is 7.34. The molecule has 1 aliphatic rings. The lowest BCUT2D eigenvalue weighted by Crippen LogP contribution is -2.34. The van der Waals surface area contributed by atoms with Crippen molar-refractivity contribution in [2.24, 2.45) is 5.92 Å². The van der Waals surface area contributed by atoms with Crippen molar-refractivity contribution >= 4 is 11.6 Å². The fraction of sp³-hybridized carbons (Fsp3) is 0.533. The number of carbonyl (C=O) groups is 1. The van der Waals surface area contributed by atoms with Crippen LogP contribution in [0.25, 0.3) is 0 Å². The Bertz CT molecular complexity index is 511. The highest BCUT2D eigenvalue weighted by Gasteiger charge is 2.32. The third-order valence-corrected chi connectivity index (χ3v) is 4.11. The lowest BCUT2D eigenvalue weighted by atomic mass is 10.0. The molecule has 114 valence electrons. The average molecular weight is 291 g/mol. The maximum atomic E-state index is 12.1. The van der Waals surface area contributed by atoms with Crippen LogP contribution in [0.3, 0.4) is 0 Å². The van der Waals surface area contributed by atoms with Crippen molar-refractivity contribution in [3.05, 3.63) is 39.9 Å². The molecule has 1 atom stereocenters. The molecule has 2 rings (SSSR count). The molecule has 0 saturated carbocycles. The van der Waals surface area contributed by atoms with Crippen molar-refractivity contribution in [3.63, 3.8) is 0 Å². The van der Waals surface area contributed by atoms with E-state index in [1.54, 1.807) is 12.1 Å². The largest absolute Gasteiger partial charge is 0.322 e. The highest BCUT2D eigenvalue weighted by Crippen LogP contribution is 2.26. The molecule has 0 radical (unpaired) electrons. The van der Waals surface area contributed by atoms with Gasteiger partial charge in [0, 0.05) is 18.7 Å². The van der Waals surface area contributed by atoms with Crippen molar-refractivity contribution < 1.29 is 9.72 Å². The lowest BCUT2D eigenvalue weighted by molar-refractivity contribution is -0.384. The summed E-state index contributed by atoms with van der Waals surface area (Å²) in [7, 11) is 0. The highest BCUT2D eigenvalue weighted by atomic mass is 16.6. The Labute approximate surface area is 124 Å². The van der Waals surface area contributed by atoms with E-state index < -0.39 is 4.92 Å². The molecule has 1 aliphatic heterocycles. The number of nitro groups is 1. The van der Waals surface area contributed by atoms with Crippen molar-refractivity contribution in [1.82, 2.24) is 10.2 Å². The summed E-state index contributed by atoms with van der Waals surface area (Å²) in [6.07, 6.45) is 1.89. The Balaban J connectivity index is 2.16. The molecule has 1 saturated heterocycles. The van der Waals surface area contributed by atoms with E-state index in [-0.39, 0.29) is 17.8 Å². The van der Waals surface area contributed by atoms with Gasteiger partial charge in [0.1, 0.15) is 6.17 Å². The van der Waals surface area contributed by atoms with Crippen LogP contribution in [0, 0.1) is 16.0 Å². The Kier molecular flexibility index (Phi) is 4.90. The summed E-state index contributed by atoms with van der Waals surface area (Å²) in [4.78, 5) is 24.2. The zero-order valence-electron chi connectivity index (χ0n) is 12.4. The fourth-order valence-electron chi connectivity index (χ4n) is 2.65. The highest BCUT2D eigenvalue weighted by molar-refractivity contribution is 5.81. The second-order valence-corrected chi connectivity index (χ2v) is 5.36. The van der Waals surface area contributed by atoms with Gasteiger partial charge >= 0.3 is 0 Å². The molecule has 6 heteroatoms. The predicted octanol–water partition coefficient (Wildman–Crippen LogP) is 2.46. The predicted molar refractivity (Wildman–Crippen MR) is 79.6 cm³/mol. The molecule has 1 unspecified atom stereocenters. The molecule has 1 amide bonds. The quantitative estimate of drug-likeness (QED) is 0.645. The van der Waals surface area contributed by atoms with Gasteiger partial charge in [-0.2, -0.15) is 0 Å². The van der Waals surface area contributed by atoms with Crippen LogP contribution < -0.4 is 5.32 Å². The maximum Gasteiger partial charge on any atom is 0.269 e. The molecule has 1 N–H and O–H groups in total. The van der Waals surface area contributed by atoms with Crippen LogP contribution >= 0.6 is 0 Å². The van der Waals surface area contributed by atoms with Gasteiger partial charge in [-0.3, -0.25) is 20.2 Å². The number of hydrogen-bond acceptors (Lipinski definition) is 4. The number of carbonyl (C=O) groups excluding carboxylic acids is 1. The molecule has 1 aromatic carbocycles. The van der Waals surface area contributed by atoms with E-state index in [1.807, 2.05) is 4.90 Å².